The number of amides is 1. The van der Waals surface area contributed by atoms with E-state index in [2.05, 4.69) is 31.1 Å². The predicted octanol–water partition coefficient (Wildman–Crippen LogP) is 1.66. The Morgan fingerprint density at radius 2 is 2.00 bits per heavy atom. The molecular formula is C16H21BrN6O2. The lowest BCUT2D eigenvalue weighted by Crippen LogP contribution is -2.52. The molecular weight excluding hydrogens is 388 g/mol. The van der Waals surface area contributed by atoms with Crippen LogP contribution in [0.4, 0.5) is 11.9 Å². The van der Waals surface area contributed by atoms with Gasteiger partial charge in [-0.05, 0) is 30.7 Å². The van der Waals surface area contributed by atoms with Crippen molar-refractivity contribution in [2.24, 2.45) is 0 Å². The second-order valence-electron chi connectivity index (χ2n) is 5.80. The maximum absolute atomic E-state index is 12.8. The molecule has 9 heteroatoms. The number of aromatic nitrogens is 3. The molecule has 2 heterocycles. The first kappa shape index (κ1) is 17.5. The molecule has 0 radical (unpaired) electrons. The van der Waals surface area contributed by atoms with Crippen LogP contribution in [0.15, 0.2) is 28.7 Å². The average Bonchev–Trinajstić information content (AvgIpc) is 3.07. The lowest BCUT2D eigenvalue weighted by molar-refractivity contribution is -0.139. The van der Waals surface area contributed by atoms with Crippen molar-refractivity contribution in [3.05, 3.63) is 28.7 Å². The quantitative estimate of drug-likeness (QED) is 0.779. The topological polar surface area (TPSA) is 100 Å². The lowest BCUT2D eigenvalue weighted by Gasteiger charge is -2.35. The number of H-pyrrole nitrogens is 1. The number of nitrogen functional groups attached to an aromatic ring is 1. The van der Waals surface area contributed by atoms with E-state index in [0.29, 0.717) is 44.3 Å². The number of carbonyl (C=O) groups excluding carboxylic acids is 1. The number of ether oxygens (including phenoxy) is 1. The Kier molecular flexibility index (Phi) is 5.42. The number of nitrogens with zero attached hydrogens (tertiary/aromatic N) is 4. The maximum Gasteiger partial charge on any atom is 0.263 e. The van der Waals surface area contributed by atoms with E-state index in [1.165, 1.54) is 0 Å². The minimum atomic E-state index is -0.478. The molecule has 1 amide bonds. The fourth-order valence-corrected chi connectivity index (χ4v) is 3.00. The predicted molar refractivity (Wildman–Crippen MR) is 98.4 cm³/mol. The third-order valence-electron chi connectivity index (χ3n) is 4.12. The molecule has 1 saturated heterocycles. The van der Waals surface area contributed by atoms with E-state index >= 15 is 0 Å². The molecule has 1 unspecified atom stereocenters. The van der Waals surface area contributed by atoms with E-state index in [9.17, 15) is 4.79 Å². The molecule has 8 nitrogen and oxygen atoms in total. The van der Waals surface area contributed by atoms with Gasteiger partial charge in [0.25, 0.3) is 5.91 Å². The highest BCUT2D eigenvalue weighted by atomic mass is 79.9. The number of anilines is 2. The van der Waals surface area contributed by atoms with E-state index < -0.39 is 6.10 Å². The zero-order chi connectivity index (χ0) is 17.8. The van der Waals surface area contributed by atoms with Gasteiger partial charge in [-0.15, -0.1) is 5.10 Å². The van der Waals surface area contributed by atoms with Gasteiger partial charge in [0.05, 0.1) is 0 Å². The number of aromatic amines is 1. The summed E-state index contributed by atoms with van der Waals surface area (Å²) < 4.78 is 6.85. The summed E-state index contributed by atoms with van der Waals surface area (Å²) in [6, 6.07) is 7.50. The number of halogens is 1. The van der Waals surface area contributed by atoms with E-state index in [4.69, 9.17) is 10.5 Å². The third-order valence-corrected chi connectivity index (χ3v) is 4.65. The van der Waals surface area contributed by atoms with Crippen LogP contribution >= 0.6 is 15.9 Å². The highest BCUT2D eigenvalue weighted by Crippen LogP contribution is 2.19. The summed E-state index contributed by atoms with van der Waals surface area (Å²) in [7, 11) is 0. The van der Waals surface area contributed by atoms with Gasteiger partial charge in [-0.1, -0.05) is 22.9 Å². The van der Waals surface area contributed by atoms with E-state index in [1.807, 2.05) is 41.0 Å². The summed E-state index contributed by atoms with van der Waals surface area (Å²) in [4.78, 5) is 20.8. The molecule has 1 aromatic heterocycles. The first-order valence-electron chi connectivity index (χ1n) is 8.20. The largest absolute Gasteiger partial charge is 0.481 e. The molecule has 0 spiro atoms. The molecule has 3 N–H and O–H groups in total. The van der Waals surface area contributed by atoms with Crippen LogP contribution in [0.1, 0.15) is 13.3 Å². The van der Waals surface area contributed by atoms with Crippen LogP contribution in [-0.2, 0) is 4.79 Å². The Bertz CT molecular complexity index is 712. The molecule has 1 fully saturated rings. The van der Waals surface area contributed by atoms with E-state index in [1.54, 1.807) is 0 Å². The van der Waals surface area contributed by atoms with Gasteiger partial charge in [-0.25, -0.2) is 5.10 Å². The fraction of sp³-hybridized carbons (Fsp3) is 0.438. The number of nitrogens with two attached hydrogens (primary N) is 1. The third kappa shape index (κ3) is 4.22. The van der Waals surface area contributed by atoms with Crippen LogP contribution in [0.3, 0.4) is 0 Å². The highest BCUT2D eigenvalue weighted by molar-refractivity contribution is 9.10. The van der Waals surface area contributed by atoms with E-state index in [-0.39, 0.29) is 11.9 Å². The van der Waals surface area contributed by atoms with Crippen molar-refractivity contribution in [1.29, 1.82) is 0 Å². The molecule has 25 heavy (non-hydrogen) atoms. The van der Waals surface area contributed by atoms with Gasteiger partial charge in [0.15, 0.2) is 6.10 Å². The van der Waals surface area contributed by atoms with Crippen LogP contribution in [-0.4, -0.2) is 58.3 Å². The molecule has 0 aliphatic carbocycles. The molecule has 1 aliphatic heterocycles. The zero-order valence-electron chi connectivity index (χ0n) is 14.0. The van der Waals surface area contributed by atoms with Gasteiger partial charge < -0.3 is 20.3 Å². The zero-order valence-corrected chi connectivity index (χ0v) is 15.6. The number of hydrogen-bond acceptors (Lipinski definition) is 6. The molecule has 134 valence electrons. The normalized spacial score (nSPS) is 15.9. The summed E-state index contributed by atoms with van der Waals surface area (Å²) in [6.07, 6.45) is 0.141. The number of carbonyl (C=O) groups is 1. The summed E-state index contributed by atoms with van der Waals surface area (Å²) in [5.41, 5.74) is 5.54. The summed E-state index contributed by atoms with van der Waals surface area (Å²) >= 11 is 3.39. The van der Waals surface area contributed by atoms with Crippen LogP contribution in [0.5, 0.6) is 5.75 Å². The molecule has 1 atom stereocenters. The summed E-state index contributed by atoms with van der Waals surface area (Å²) in [5.74, 6) is 1.58. The van der Waals surface area contributed by atoms with Gasteiger partial charge in [0.2, 0.25) is 11.9 Å². The van der Waals surface area contributed by atoms with Crippen LogP contribution in [0.2, 0.25) is 0 Å². The maximum atomic E-state index is 12.8. The van der Waals surface area contributed by atoms with E-state index in [0.717, 1.165) is 4.47 Å². The fourth-order valence-electron chi connectivity index (χ4n) is 2.74. The number of piperazine rings is 1. The molecule has 3 rings (SSSR count). The number of hydrogen-bond donors (Lipinski definition) is 2. The summed E-state index contributed by atoms with van der Waals surface area (Å²) in [6.45, 7) is 4.53. The van der Waals surface area contributed by atoms with Gasteiger partial charge in [0, 0.05) is 30.7 Å². The SMILES string of the molecule is CCC(Oc1ccc(Br)cc1)C(=O)N1CCN(c2nc(N)n[nH]2)CC1. The second-order valence-corrected chi connectivity index (χ2v) is 6.71. The van der Waals surface area contributed by atoms with Gasteiger partial charge in [0.1, 0.15) is 5.75 Å². The van der Waals surface area contributed by atoms with Crippen molar-refractivity contribution in [2.75, 3.05) is 36.8 Å². The summed E-state index contributed by atoms with van der Waals surface area (Å²) in [5, 5.41) is 6.63. The Labute approximate surface area is 154 Å². The number of nitrogens with one attached hydrogen (secondary N) is 1. The first-order chi connectivity index (χ1) is 12.1. The lowest BCUT2D eigenvalue weighted by atomic mass is 10.2. The molecule has 0 saturated carbocycles. The van der Waals surface area contributed by atoms with Crippen LogP contribution < -0.4 is 15.4 Å². The van der Waals surface area contributed by atoms with Crippen molar-refractivity contribution < 1.29 is 9.53 Å². The highest BCUT2D eigenvalue weighted by Gasteiger charge is 2.28. The van der Waals surface area contributed by atoms with Crippen molar-refractivity contribution in [3.8, 4) is 5.75 Å². The van der Waals surface area contributed by atoms with Crippen molar-refractivity contribution >= 4 is 33.7 Å². The first-order valence-corrected chi connectivity index (χ1v) is 9.00. The number of benzene rings is 1. The molecule has 0 bridgehead atoms. The minimum absolute atomic E-state index is 0.0159. The van der Waals surface area contributed by atoms with Gasteiger partial charge >= 0.3 is 0 Å². The Morgan fingerprint density at radius 1 is 1.32 bits per heavy atom. The Balaban J connectivity index is 1.57. The molecule has 1 aromatic carbocycles. The van der Waals surface area contributed by atoms with Crippen molar-refractivity contribution in [3.63, 3.8) is 0 Å². The van der Waals surface area contributed by atoms with Crippen LogP contribution in [0, 0.1) is 0 Å². The molecule has 2 aromatic rings. The second kappa shape index (κ2) is 7.73. The monoisotopic (exact) mass is 408 g/mol. The van der Waals surface area contributed by atoms with Crippen LogP contribution in [0.25, 0.3) is 0 Å². The van der Waals surface area contributed by atoms with Crippen molar-refractivity contribution in [1.82, 2.24) is 20.1 Å². The van der Waals surface area contributed by atoms with Gasteiger partial charge in [-0.3, -0.25) is 4.79 Å². The van der Waals surface area contributed by atoms with Gasteiger partial charge in [-0.2, -0.15) is 4.98 Å². The Morgan fingerprint density at radius 3 is 2.56 bits per heavy atom. The standard InChI is InChI=1S/C16H21BrN6O2/c1-2-13(25-12-5-3-11(17)4-6-12)14(24)22-7-9-23(10-8-22)16-19-15(18)20-21-16/h3-6,13H,2,7-10H2,1H3,(H3,18,19,20,21). The molecule has 1 aliphatic rings. The van der Waals surface area contributed by atoms with Crippen molar-refractivity contribution in [2.45, 2.75) is 19.4 Å². The number of rotatable bonds is 5. The average molecular weight is 409 g/mol. The Hall–Kier alpha value is -2.29. The smallest absolute Gasteiger partial charge is 0.263 e. The minimum Gasteiger partial charge on any atom is -0.481 e.